The largest absolute Gasteiger partial charge is 0.416 e. The van der Waals surface area contributed by atoms with E-state index in [1.165, 1.54) is 0 Å². The van der Waals surface area contributed by atoms with Crippen molar-refractivity contribution in [2.75, 3.05) is 5.32 Å². The Hall–Kier alpha value is -2.90. The molecular weight excluding hydrogens is 352 g/mol. The molecule has 1 aliphatic heterocycles. The fourth-order valence-corrected chi connectivity index (χ4v) is 2.92. The maximum atomic E-state index is 13.1. The van der Waals surface area contributed by atoms with Crippen molar-refractivity contribution in [2.45, 2.75) is 25.1 Å². The Morgan fingerprint density at radius 2 is 1.92 bits per heavy atom. The molecule has 1 heterocycles. The van der Waals surface area contributed by atoms with E-state index in [1.54, 1.807) is 24.3 Å². The number of para-hydroxylation sites is 1. The molecular formula is C18H14F4N2O2. The summed E-state index contributed by atoms with van der Waals surface area (Å²) in [6.07, 6.45) is -4.84. The molecule has 2 aromatic carbocycles. The molecule has 2 N–H and O–H groups in total. The molecule has 0 unspecified atom stereocenters. The summed E-state index contributed by atoms with van der Waals surface area (Å²) in [5.74, 6) is -2.72. The number of benzene rings is 2. The number of anilines is 1. The van der Waals surface area contributed by atoms with Crippen LogP contribution in [0.5, 0.6) is 0 Å². The molecule has 2 amide bonds. The summed E-state index contributed by atoms with van der Waals surface area (Å²) >= 11 is 0. The van der Waals surface area contributed by atoms with Crippen LogP contribution < -0.4 is 10.6 Å². The summed E-state index contributed by atoms with van der Waals surface area (Å²) < 4.78 is 52.2. The van der Waals surface area contributed by atoms with E-state index in [-0.39, 0.29) is 17.9 Å². The van der Waals surface area contributed by atoms with Crippen LogP contribution in [0.4, 0.5) is 23.2 Å². The van der Waals surface area contributed by atoms with Crippen molar-refractivity contribution in [1.29, 1.82) is 0 Å². The first-order valence-electron chi connectivity index (χ1n) is 7.78. The van der Waals surface area contributed by atoms with Crippen molar-refractivity contribution < 1.29 is 27.2 Å². The zero-order valence-corrected chi connectivity index (χ0v) is 13.4. The summed E-state index contributed by atoms with van der Waals surface area (Å²) in [5.41, 5.74) is -0.290. The van der Waals surface area contributed by atoms with Crippen LogP contribution in [-0.4, -0.2) is 11.8 Å². The van der Waals surface area contributed by atoms with E-state index in [2.05, 4.69) is 10.6 Å². The van der Waals surface area contributed by atoms with Crippen molar-refractivity contribution in [3.63, 3.8) is 0 Å². The molecule has 3 rings (SSSR count). The van der Waals surface area contributed by atoms with Crippen molar-refractivity contribution >= 4 is 17.5 Å². The Balaban J connectivity index is 1.79. The molecule has 8 heteroatoms. The van der Waals surface area contributed by atoms with Crippen LogP contribution in [0.15, 0.2) is 42.5 Å². The van der Waals surface area contributed by atoms with Gasteiger partial charge in [-0.05, 0) is 29.3 Å². The zero-order valence-electron chi connectivity index (χ0n) is 13.4. The Morgan fingerprint density at radius 3 is 2.65 bits per heavy atom. The van der Waals surface area contributed by atoms with Gasteiger partial charge in [0.25, 0.3) is 0 Å². The molecule has 0 spiro atoms. The Labute approximate surface area is 146 Å². The highest BCUT2D eigenvalue weighted by molar-refractivity contribution is 6.01. The SMILES string of the molecule is O=C1C[C@@H](C(=O)NCc2ccc(F)cc2C(F)(F)F)c2ccccc2N1. The highest BCUT2D eigenvalue weighted by Gasteiger charge is 2.34. The number of hydrogen-bond acceptors (Lipinski definition) is 2. The van der Waals surface area contributed by atoms with Crippen molar-refractivity contribution in [3.8, 4) is 0 Å². The molecule has 0 aliphatic carbocycles. The smallest absolute Gasteiger partial charge is 0.351 e. The first-order chi connectivity index (χ1) is 12.3. The van der Waals surface area contributed by atoms with E-state index in [0.717, 1.165) is 12.1 Å². The molecule has 0 aromatic heterocycles. The molecule has 0 bridgehead atoms. The molecule has 4 nitrogen and oxygen atoms in total. The third-order valence-electron chi connectivity index (χ3n) is 4.15. The molecule has 136 valence electrons. The van der Waals surface area contributed by atoms with Crippen molar-refractivity contribution in [2.24, 2.45) is 0 Å². The minimum Gasteiger partial charge on any atom is -0.351 e. The summed E-state index contributed by atoms with van der Waals surface area (Å²) in [4.78, 5) is 24.2. The highest BCUT2D eigenvalue weighted by Crippen LogP contribution is 2.34. The average molecular weight is 366 g/mol. The van der Waals surface area contributed by atoms with E-state index in [0.29, 0.717) is 17.3 Å². The fourth-order valence-electron chi connectivity index (χ4n) is 2.92. The number of halogens is 4. The predicted molar refractivity (Wildman–Crippen MR) is 85.7 cm³/mol. The van der Waals surface area contributed by atoms with Crippen LogP contribution in [0.25, 0.3) is 0 Å². The topological polar surface area (TPSA) is 58.2 Å². The standard InChI is InChI=1S/C18H14F4N2O2/c19-11-6-5-10(14(7-11)18(20,21)22)9-23-17(26)13-8-16(25)24-15-4-2-1-3-12(13)15/h1-7,13H,8-9H2,(H,23,26)(H,24,25)/t13-/m1/s1. The second-order valence-electron chi connectivity index (χ2n) is 5.91. The van der Waals surface area contributed by atoms with Crippen LogP contribution in [0.1, 0.15) is 29.0 Å². The lowest BCUT2D eigenvalue weighted by atomic mass is 9.89. The van der Waals surface area contributed by atoms with E-state index in [4.69, 9.17) is 0 Å². The van der Waals surface area contributed by atoms with Gasteiger partial charge < -0.3 is 10.6 Å². The minimum absolute atomic E-state index is 0.0988. The monoisotopic (exact) mass is 366 g/mol. The van der Waals surface area contributed by atoms with Crippen LogP contribution in [0.3, 0.4) is 0 Å². The van der Waals surface area contributed by atoms with E-state index in [9.17, 15) is 27.2 Å². The number of hydrogen-bond donors (Lipinski definition) is 2. The summed E-state index contributed by atoms with van der Waals surface area (Å²) in [6.45, 7) is -0.422. The quantitative estimate of drug-likeness (QED) is 0.816. The lowest BCUT2D eigenvalue weighted by molar-refractivity contribution is -0.138. The van der Waals surface area contributed by atoms with Crippen LogP contribution in [0.2, 0.25) is 0 Å². The van der Waals surface area contributed by atoms with E-state index in [1.807, 2.05) is 0 Å². The molecule has 0 saturated carbocycles. The zero-order chi connectivity index (χ0) is 18.9. The van der Waals surface area contributed by atoms with Gasteiger partial charge in [-0.1, -0.05) is 24.3 Å². The predicted octanol–water partition coefficient (Wildman–Crippen LogP) is 3.59. The van der Waals surface area contributed by atoms with Crippen molar-refractivity contribution in [1.82, 2.24) is 5.32 Å². The highest BCUT2D eigenvalue weighted by atomic mass is 19.4. The third-order valence-corrected chi connectivity index (χ3v) is 4.15. The summed E-state index contributed by atoms with van der Waals surface area (Å²) in [6, 6.07) is 9.02. The van der Waals surface area contributed by atoms with Gasteiger partial charge in [-0.2, -0.15) is 13.2 Å². The maximum Gasteiger partial charge on any atom is 0.416 e. The molecule has 1 atom stereocenters. The number of nitrogens with one attached hydrogen (secondary N) is 2. The van der Waals surface area contributed by atoms with Crippen molar-refractivity contribution in [3.05, 3.63) is 65.0 Å². The lowest BCUT2D eigenvalue weighted by Gasteiger charge is -2.25. The maximum absolute atomic E-state index is 13.1. The second kappa shape index (κ2) is 6.78. The number of amides is 2. The Bertz CT molecular complexity index is 865. The Morgan fingerprint density at radius 1 is 1.19 bits per heavy atom. The number of rotatable bonds is 3. The third kappa shape index (κ3) is 3.68. The van der Waals surface area contributed by atoms with E-state index >= 15 is 0 Å². The van der Waals surface area contributed by atoms with Gasteiger partial charge in [-0.15, -0.1) is 0 Å². The molecule has 0 radical (unpaired) electrons. The molecule has 2 aromatic rings. The first-order valence-corrected chi connectivity index (χ1v) is 7.78. The summed E-state index contributed by atoms with van der Waals surface area (Å²) in [5, 5.41) is 5.07. The molecule has 0 saturated heterocycles. The minimum atomic E-state index is -4.74. The van der Waals surface area contributed by atoms with Gasteiger partial charge in [0, 0.05) is 18.7 Å². The van der Waals surface area contributed by atoms with E-state index < -0.39 is 35.9 Å². The van der Waals surface area contributed by atoms with Gasteiger partial charge in [0.15, 0.2) is 0 Å². The van der Waals surface area contributed by atoms with Gasteiger partial charge in [-0.25, -0.2) is 4.39 Å². The van der Waals surface area contributed by atoms with Gasteiger partial charge in [0.05, 0.1) is 11.5 Å². The lowest BCUT2D eigenvalue weighted by Crippen LogP contribution is -2.35. The number of carbonyl (C=O) groups is 2. The average Bonchev–Trinajstić information content (AvgIpc) is 2.58. The number of carbonyl (C=O) groups excluding carboxylic acids is 2. The van der Waals surface area contributed by atoms with Crippen LogP contribution in [-0.2, 0) is 22.3 Å². The molecule has 0 fully saturated rings. The number of fused-ring (bicyclic) bond motifs is 1. The molecule has 1 aliphatic rings. The summed E-state index contributed by atoms with van der Waals surface area (Å²) in [7, 11) is 0. The van der Waals surface area contributed by atoms with Crippen LogP contribution >= 0.6 is 0 Å². The Kier molecular flexibility index (Phi) is 4.67. The number of alkyl halides is 3. The van der Waals surface area contributed by atoms with Gasteiger partial charge in [0.1, 0.15) is 5.82 Å². The second-order valence-corrected chi connectivity index (χ2v) is 5.91. The molecule has 26 heavy (non-hydrogen) atoms. The van der Waals surface area contributed by atoms with Gasteiger partial charge >= 0.3 is 6.18 Å². The fraction of sp³-hybridized carbons (Fsp3) is 0.222. The van der Waals surface area contributed by atoms with Crippen LogP contribution in [0, 0.1) is 5.82 Å². The first kappa shape index (κ1) is 17.9. The van der Waals surface area contributed by atoms with Gasteiger partial charge in [0.2, 0.25) is 11.8 Å². The van der Waals surface area contributed by atoms with Gasteiger partial charge in [-0.3, -0.25) is 9.59 Å². The normalized spacial score (nSPS) is 16.6.